The van der Waals surface area contributed by atoms with E-state index in [1.807, 2.05) is 50.2 Å². The van der Waals surface area contributed by atoms with Crippen molar-refractivity contribution in [3.8, 4) is 11.4 Å². The van der Waals surface area contributed by atoms with Gasteiger partial charge in [-0.25, -0.2) is 14.8 Å². The summed E-state index contributed by atoms with van der Waals surface area (Å²) in [6.07, 6.45) is 0. The van der Waals surface area contributed by atoms with Gasteiger partial charge >= 0.3 is 0 Å². The van der Waals surface area contributed by atoms with Crippen molar-refractivity contribution in [2.45, 2.75) is 13.8 Å². The van der Waals surface area contributed by atoms with Crippen molar-refractivity contribution < 1.29 is 0 Å². The lowest BCUT2D eigenvalue weighted by atomic mass is 10.1. The van der Waals surface area contributed by atoms with Crippen LogP contribution in [0.1, 0.15) is 11.3 Å². The van der Waals surface area contributed by atoms with E-state index >= 15 is 0 Å². The van der Waals surface area contributed by atoms with Crippen LogP contribution in [0.25, 0.3) is 27.1 Å². The van der Waals surface area contributed by atoms with Crippen molar-refractivity contribution in [2.24, 2.45) is 0 Å². The van der Waals surface area contributed by atoms with Gasteiger partial charge in [0.2, 0.25) is 0 Å². The molecule has 6 heteroatoms. The second-order valence-electron chi connectivity index (χ2n) is 6.14. The molecule has 4 rings (SSSR count). The Morgan fingerprint density at radius 2 is 1.92 bits per heavy atom. The molecule has 0 spiro atoms. The molecular formula is C20H16N6. The van der Waals surface area contributed by atoms with Crippen LogP contribution in [0.2, 0.25) is 0 Å². The Hall–Kier alpha value is -3.72. The number of fused-ring (bicyclic) bond motifs is 1. The summed E-state index contributed by atoms with van der Waals surface area (Å²) in [6, 6.07) is 15.4. The molecule has 0 aliphatic rings. The van der Waals surface area contributed by atoms with Crippen LogP contribution in [0.3, 0.4) is 0 Å². The Morgan fingerprint density at radius 1 is 1.04 bits per heavy atom. The van der Waals surface area contributed by atoms with E-state index in [1.165, 1.54) is 0 Å². The summed E-state index contributed by atoms with van der Waals surface area (Å²) in [5.74, 6) is 1.96. The van der Waals surface area contributed by atoms with E-state index in [-0.39, 0.29) is 0 Å². The second kappa shape index (κ2) is 6.30. The summed E-state index contributed by atoms with van der Waals surface area (Å²) in [7, 11) is 0. The van der Waals surface area contributed by atoms with Crippen LogP contribution < -0.4 is 5.32 Å². The minimum Gasteiger partial charge on any atom is -0.323 e. The molecule has 2 N–H and O–H groups in total. The van der Waals surface area contributed by atoms with Gasteiger partial charge in [0, 0.05) is 22.7 Å². The Kier molecular flexibility index (Phi) is 3.82. The summed E-state index contributed by atoms with van der Waals surface area (Å²) >= 11 is 0. The van der Waals surface area contributed by atoms with Crippen molar-refractivity contribution >= 4 is 28.2 Å². The molecule has 2 aromatic carbocycles. The highest BCUT2D eigenvalue weighted by Gasteiger charge is 2.12. The van der Waals surface area contributed by atoms with Crippen LogP contribution in [-0.4, -0.2) is 20.2 Å². The normalized spacial score (nSPS) is 10.7. The lowest BCUT2D eigenvalue weighted by Crippen LogP contribution is -1.99. The van der Waals surface area contributed by atoms with Crippen molar-refractivity contribution in [1.82, 2.24) is 20.2 Å². The number of aromatic nitrogens is 4. The third-order valence-corrected chi connectivity index (χ3v) is 4.04. The number of aromatic amines is 1. The molecule has 26 heavy (non-hydrogen) atoms. The predicted octanol–water partition coefficient (Wildman–Crippen LogP) is 4.93. The van der Waals surface area contributed by atoms with Crippen molar-refractivity contribution in [3.63, 3.8) is 0 Å². The zero-order valence-electron chi connectivity index (χ0n) is 14.4. The van der Waals surface area contributed by atoms with Gasteiger partial charge < -0.3 is 5.32 Å². The van der Waals surface area contributed by atoms with Gasteiger partial charge in [-0.15, -0.1) is 0 Å². The Balaban J connectivity index is 1.91. The SMILES string of the molecule is [C-]#[N+]c1ccc2c(Nc3cc(C)[nH]n3)nc(-c3cccc(C)c3)nc2c1. The van der Waals surface area contributed by atoms with E-state index in [0.29, 0.717) is 23.1 Å². The van der Waals surface area contributed by atoms with E-state index in [0.717, 1.165) is 27.7 Å². The molecule has 0 amide bonds. The fourth-order valence-corrected chi connectivity index (χ4v) is 2.80. The topological polar surface area (TPSA) is 70.8 Å². The monoisotopic (exact) mass is 340 g/mol. The van der Waals surface area contributed by atoms with Crippen LogP contribution in [0.15, 0.2) is 48.5 Å². The number of anilines is 2. The molecule has 0 bridgehead atoms. The first-order valence-corrected chi connectivity index (χ1v) is 8.18. The summed E-state index contributed by atoms with van der Waals surface area (Å²) in [6.45, 7) is 11.2. The number of benzene rings is 2. The maximum absolute atomic E-state index is 7.25. The number of rotatable bonds is 3. The fraction of sp³-hybridized carbons (Fsp3) is 0.100. The Labute approximate surface area is 150 Å². The summed E-state index contributed by atoms with van der Waals surface area (Å²) in [5.41, 5.74) is 4.30. The fourth-order valence-electron chi connectivity index (χ4n) is 2.80. The zero-order valence-corrected chi connectivity index (χ0v) is 14.4. The predicted molar refractivity (Wildman–Crippen MR) is 103 cm³/mol. The zero-order chi connectivity index (χ0) is 18.1. The van der Waals surface area contributed by atoms with Crippen LogP contribution in [0, 0.1) is 20.4 Å². The number of hydrogen-bond donors (Lipinski definition) is 2. The second-order valence-corrected chi connectivity index (χ2v) is 6.14. The first kappa shape index (κ1) is 15.8. The molecule has 4 aromatic rings. The van der Waals surface area contributed by atoms with Gasteiger partial charge in [0.05, 0.1) is 12.1 Å². The largest absolute Gasteiger partial charge is 0.323 e. The molecule has 0 aliphatic heterocycles. The third-order valence-electron chi connectivity index (χ3n) is 4.04. The number of aryl methyl sites for hydroxylation is 2. The molecule has 0 saturated heterocycles. The lowest BCUT2D eigenvalue weighted by Gasteiger charge is -2.10. The van der Waals surface area contributed by atoms with Gasteiger partial charge in [0.15, 0.2) is 17.3 Å². The number of H-pyrrole nitrogens is 1. The maximum atomic E-state index is 7.25. The van der Waals surface area contributed by atoms with Crippen molar-refractivity contribution in [3.05, 3.63) is 71.2 Å². The van der Waals surface area contributed by atoms with Crippen LogP contribution in [-0.2, 0) is 0 Å². The van der Waals surface area contributed by atoms with E-state index in [4.69, 9.17) is 11.6 Å². The number of hydrogen-bond acceptors (Lipinski definition) is 4. The van der Waals surface area contributed by atoms with Crippen LogP contribution in [0.5, 0.6) is 0 Å². The number of nitrogens with one attached hydrogen (secondary N) is 2. The number of nitrogens with zero attached hydrogens (tertiary/aromatic N) is 4. The van der Waals surface area contributed by atoms with Gasteiger partial charge in [-0.05, 0) is 26.0 Å². The molecule has 2 heterocycles. The smallest absolute Gasteiger partial charge is 0.189 e. The molecule has 6 nitrogen and oxygen atoms in total. The van der Waals surface area contributed by atoms with Gasteiger partial charge in [0.25, 0.3) is 0 Å². The first-order valence-electron chi connectivity index (χ1n) is 8.18. The summed E-state index contributed by atoms with van der Waals surface area (Å²) in [5, 5.41) is 11.2. The Bertz CT molecular complexity index is 1150. The molecule has 0 aliphatic carbocycles. The quantitative estimate of drug-likeness (QED) is 0.519. The minimum absolute atomic E-state index is 0.549. The molecule has 0 fully saturated rings. The van der Waals surface area contributed by atoms with Crippen LogP contribution >= 0.6 is 0 Å². The highest BCUT2D eigenvalue weighted by atomic mass is 15.2. The van der Waals surface area contributed by atoms with E-state index in [1.54, 1.807) is 12.1 Å². The molecule has 0 unspecified atom stereocenters. The molecule has 0 saturated carbocycles. The molecule has 0 radical (unpaired) electrons. The first-order chi connectivity index (χ1) is 12.6. The third kappa shape index (κ3) is 2.98. The molecule has 126 valence electrons. The maximum Gasteiger partial charge on any atom is 0.189 e. The molecule has 0 atom stereocenters. The lowest BCUT2D eigenvalue weighted by molar-refractivity contribution is 1.05. The van der Waals surface area contributed by atoms with Crippen LogP contribution in [0.4, 0.5) is 17.3 Å². The molecule has 2 aromatic heterocycles. The molecular weight excluding hydrogens is 324 g/mol. The van der Waals surface area contributed by atoms with Gasteiger partial charge in [0.1, 0.15) is 5.82 Å². The van der Waals surface area contributed by atoms with Gasteiger partial charge in [-0.2, -0.15) is 5.10 Å². The minimum atomic E-state index is 0.549. The van der Waals surface area contributed by atoms with Crippen molar-refractivity contribution in [1.29, 1.82) is 0 Å². The average molecular weight is 340 g/mol. The summed E-state index contributed by atoms with van der Waals surface area (Å²) < 4.78 is 0. The highest BCUT2D eigenvalue weighted by Crippen LogP contribution is 2.29. The van der Waals surface area contributed by atoms with E-state index in [9.17, 15) is 0 Å². The van der Waals surface area contributed by atoms with E-state index in [2.05, 4.69) is 25.3 Å². The standard InChI is InChI=1S/C20H16N6/c1-12-5-4-6-14(9-12)19-22-17-11-15(21-3)7-8-16(17)20(24-19)23-18-10-13(2)25-26-18/h4-11H,1-2H3,(H2,22,23,24,25,26). The van der Waals surface area contributed by atoms with Gasteiger partial charge in [-0.3, -0.25) is 5.10 Å². The summed E-state index contributed by atoms with van der Waals surface area (Å²) in [4.78, 5) is 12.9. The van der Waals surface area contributed by atoms with Crippen molar-refractivity contribution in [2.75, 3.05) is 5.32 Å². The Morgan fingerprint density at radius 3 is 2.65 bits per heavy atom. The highest BCUT2D eigenvalue weighted by molar-refractivity contribution is 5.94. The van der Waals surface area contributed by atoms with E-state index < -0.39 is 0 Å². The average Bonchev–Trinajstić information content (AvgIpc) is 3.05. The van der Waals surface area contributed by atoms with Gasteiger partial charge in [-0.1, -0.05) is 35.9 Å².